The number of aromatic amines is 1. The summed E-state index contributed by atoms with van der Waals surface area (Å²) >= 11 is 3.47. The molecule has 1 fully saturated rings. The Morgan fingerprint density at radius 1 is 1.50 bits per heavy atom. The molecule has 2 heterocycles. The molecule has 1 aliphatic heterocycles. The van der Waals surface area contributed by atoms with Crippen molar-refractivity contribution in [3.63, 3.8) is 0 Å². The second-order valence-electron chi connectivity index (χ2n) is 4.73. The molecule has 1 aromatic heterocycles. The highest BCUT2D eigenvalue weighted by Gasteiger charge is 2.32. The van der Waals surface area contributed by atoms with Gasteiger partial charge in [0.25, 0.3) is 0 Å². The molecule has 1 aromatic carbocycles. The Balaban J connectivity index is 1.76. The maximum atomic E-state index is 10.7. The zero-order valence-corrected chi connectivity index (χ0v) is 11.3. The largest absolute Gasteiger partial charge is 0.481 e. The first-order valence-electron chi connectivity index (χ1n) is 5.84. The number of carboxylic acid groups (broad SMARTS) is 1. The van der Waals surface area contributed by atoms with Gasteiger partial charge in [-0.2, -0.15) is 0 Å². The molecule has 0 aliphatic carbocycles. The molecule has 3 rings (SSSR count). The molecule has 18 heavy (non-hydrogen) atoms. The first kappa shape index (κ1) is 11.7. The van der Waals surface area contributed by atoms with E-state index in [9.17, 15) is 4.79 Å². The van der Waals surface area contributed by atoms with Crippen molar-refractivity contribution in [3.05, 3.63) is 34.4 Å². The van der Waals surface area contributed by atoms with E-state index in [-0.39, 0.29) is 5.92 Å². The highest BCUT2D eigenvalue weighted by Crippen LogP contribution is 2.26. The second-order valence-corrected chi connectivity index (χ2v) is 5.65. The standard InChI is InChI=1S/C13H13BrN2O2/c14-10-1-2-12-11(3-10)8(4-15-12)5-16-6-9(7-16)13(17)18/h1-4,9,15H,5-7H2,(H,17,18). The Labute approximate surface area is 113 Å². The third kappa shape index (κ3) is 2.04. The zero-order chi connectivity index (χ0) is 12.7. The van der Waals surface area contributed by atoms with Gasteiger partial charge in [-0.25, -0.2) is 0 Å². The van der Waals surface area contributed by atoms with Crippen LogP contribution < -0.4 is 0 Å². The average molecular weight is 309 g/mol. The van der Waals surface area contributed by atoms with E-state index in [2.05, 4.69) is 31.9 Å². The van der Waals surface area contributed by atoms with Crippen molar-refractivity contribution in [2.75, 3.05) is 13.1 Å². The van der Waals surface area contributed by atoms with Crippen LogP contribution in [0.4, 0.5) is 0 Å². The number of halogens is 1. The summed E-state index contributed by atoms with van der Waals surface area (Å²) in [7, 11) is 0. The molecule has 5 heteroatoms. The maximum Gasteiger partial charge on any atom is 0.309 e. The number of hydrogen-bond donors (Lipinski definition) is 2. The van der Waals surface area contributed by atoms with Crippen molar-refractivity contribution in [3.8, 4) is 0 Å². The molecule has 0 spiro atoms. The lowest BCUT2D eigenvalue weighted by atomic mass is 9.99. The van der Waals surface area contributed by atoms with E-state index in [1.165, 1.54) is 10.9 Å². The van der Waals surface area contributed by atoms with Crippen molar-refractivity contribution in [1.29, 1.82) is 0 Å². The summed E-state index contributed by atoms with van der Waals surface area (Å²) in [5.74, 6) is -0.880. The van der Waals surface area contributed by atoms with Crippen LogP contribution in [0, 0.1) is 5.92 Å². The molecule has 1 aliphatic rings. The van der Waals surface area contributed by atoms with Crippen molar-refractivity contribution >= 4 is 32.8 Å². The van der Waals surface area contributed by atoms with Gasteiger partial charge in [-0.3, -0.25) is 9.69 Å². The van der Waals surface area contributed by atoms with Gasteiger partial charge in [0.2, 0.25) is 0 Å². The van der Waals surface area contributed by atoms with Crippen molar-refractivity contribution in [2.45, 2.75) is 6.54 Å². The fourth-order valence-corrected chi connectivity index (χ4v) is 2.74. The number of hydrogen-bond acceptors (Lipinski definition) is 2. The molecular weight excluding hydrogens is 296 g/mol. The summed E-state index contributed by atoms with van der Waals surface area (Å²) in [6.07, 6.45) is 2.01. The molecule has 0 saturated carbocycles. The predicted octanol–water partition coefficient (Wildman–Crippen LogP) is 2.45. The van der Waals surface area contributed by atoms with Crippen LogP contribution in [0.1, 0.15) is 5.56 Å². The van der Waals surface area contributed by atoms with E-state index in [0.717, 1.165) is 16.5 Å². The van der Waals surface area contributed by atoms with Crippen LogP contribution >= 0.6 is 15.9 Å². The second kappa shape index (κ2) is 4.40. The number of aromatic nitrogens is 1. The molecule has 0 bridgehead atoms. The van der Waals surface area contributed by atoms with Gasteiger partial charge >= 0.3 is 5.97 Å². The quantitative estimate of drug-likeness (QED) is 0.915. The molecule has 0 amide bonds. The van der Waals surface area contributed by atoms with Crippen molar-refractivity contribution < 1.29 is 9.90 Å². The number of nitrogens with one attached hydrogen (secondary N) is 1. The SMILES string of the molecule is O=C(O)C1CN(Cc2c[nH]c3ccc(Br)cc23)C1. The normalized spacial score (nSPS) is 16.9. The minimum atomic E-state index is -0.687. The van der Waals surface area contributed by atoms with E-state index in [0.29, 0.717) is 13.1 Å². The summed E-state index contributed by atoms with van der Waals surface area (Å²) in [6, 6.07) is 6.14. The minimum absolute atomic E-state index is 0.193. The molecule has 0 unspecified atom stereocenters. The van der Waals surface area contributed by atoms with E-state index in [1.54, 1.807) is 0 Å². The Bertz CT molecular complexity index is 602. The minimum Gasteiger partial charge on any atom is -0.481 e. The van der Waals surface area contributed by atoms with Gasteiger partial charge in [-0.15, -0.1) is 0 Å². The average Bonchev–Trinajstić information content (AvgIpc) is 2.64. The third-order valence-electron chi connectivity index (χ3n) is 3.43. The van der Waals surface area contributed by atoms with Gasteiger partial charge in [0.05, 0.1) is 5.92 Å². The molecule has 2 aromatic rings. The number of nitrogens with zero attached hydrogens (tertiary/aromatic N) is 1. The first-order valence-corrected chi connectivity index (χ1v) is 6.63. The number of H-pyrrole nitrogens is 1. The molecule has 4 nitrogen and oxygen atoms in total. The fourth-order valence-electron chi connectivity index (χ4n) is 2.38. The number of rotatable bonds is 3. The van der Waals surface area contributed by atoms with Gasteiger partial charge in [0.1, 0.15) is 0 Å². The first-order chi connectivity index (χ1) is 8.63. The lowest BCUT2D eigenvalue weighted by Crippen LogP contribution is -2.49. The number of carbonyl (C=O) groups is 1. The van der Waals surface area contributed by atoms with Crippen molar-refractivity contribution in [1.82, 2.24) is 9.88 Å². The molecular formula is C13H13BrN2O2. The molecule has 0 radical (unpaired) electrons. The summed E-state index contributed by atoms with van der Waals surface area (Å²) in [5.41, 5.74) is 2.33. The Hall–Kier alpha value is -1.33. The van der Waals surface area contributed by atoms with Crippen LogP contribution in [0.15, 0.2) is 28.9 Å². The van der Waals surface area contributed by atoms with E-state index >= 15 is 0 Å². The van der Waals surface area contributed by atoms with Crippen LogP contribution in [0.2, 0.25) is 0 Å². The highest BCUT2D eigenvalue weighted by molar-refractivity contribution is 9.10. The smallest absolute Gasteiger partial charge is 0.309 e. The number of benzene rings is 1. The predicted molar refractivity (Wildman–Crippen MR) is 72.4 cm³/mol. The fraction of sp³-hybridized carbons (Fsp3) is 0.308. The van der Waals surface area contributed by atoms with E-state index < -0.39 is 5.97 Å². The van der Waals surface area contributed by atoms with Crippen LogP contribution in [0.3, 0.4) is 0 Å². The number of likely N-dealkylation sites (tertiary alicyclic amines) is 1. The van der Waals surface area contributed by atoms with Gasteiger partial charge in [0, 0.05) is 41.2 Å². The molecule has 94 valence electrons. The lowest BCUT2D eigenvalue weighted by Gasteiger charge is -2.36. The van der Waals surface area contributed by atoms with Gasteiger partial charge in [-0.1, -0.05) is 15.9 Å². The van der Waals surface area contributed by atoms with Gasteiger partial charge in [-0.05, 0) is 23.8 Å². The topological polar surface area (TPSA) is 56.3 Å². The van der Waals surface area contributed by atoms with E-state index in [1.807, 2.05) is 18.3 Å². The van der Waals surface area contributed by atoms with Crippen LogP contribution in [0.5, 0.6) is 0 Å². The van der Waals surface area contributed by atoms with Crippen LogP contribution in [-0.2, 0) is 11.3 Å². The maximum absolute atomic E-state index is 10.7. The summed E-state index contributed by atoms with van der Waals surface area (Å²) in [4.78, 5) is 16.1. The van der Waals surface area contributed by atoms with Gasteiger partial charge < -0.3 is 10.1 Å². The molecule has 1 saturated heterocycles. The molecule has 2 N–H and O–H groups in total. The number of aliphatic carboxylic acids is 1. The number of fused-ring (bicyclic) bond motifs is 1. The van der Waals surface area contributed by atoms with Crippen LogP contribution in [-0.4, -0.2) is 34.0 Å². The monoisotopic (exact) mass is 308 g/mol. The summed E-state index contributed by atoms with van der Waals surface area (Å²) < 4.78 is 1.06. The summed E-state index contributed by atoms with van der Waals surface area (Å²) in [5, 5.41) is 10.0. The van der Waals surface area contributed by atoms with E-state index in [4.69, 9.17) is 5.11 Å². The lowest BCUT2D eigenvalue weighted by molar-refractivity contribution is -0.147. The van der Waals surface area contributed by atoms with Crippen LogP contribution in [0.25, 0.3) is 10.9 Å². The Morgan fingerprint density at radius 2 is 2.28 bits per heavy atom. The number of carboxylic acids is 1. The Morgan fingerprint density at radius 3 is 3.00 bits per heavy atom. The molecule has 0 atom stereocenters. The third-order valence-corrected chi connectivity index (χ3v) is 3.92. The van der Waals surface area contributed by atoms with Crippen molar-refractivity contribution in [2.24, 2.45) is 5.92 Å². The zero-order valence-electron chi connectivity index (χ0n) is 9.69. The van der Waals surface area contributed by atoms with Gasteiger partial charge in [0.15, 0.2) is 0 Å². The summed E-state index contributed by atoms with van der Waals surface area (Å²) in [6.45, 7) is 2.10. The highest BCUT2D eigenvalue weighted by atomic mass is 79.9. The Kier molecular flexibility index (Phi) is 2.87.